The van der Waals surface area contributed by atoms with Crippen LogP contribution in [0.25, 0.3) is 0 Å². The summed E-state index contributed by atoms with van der Waals surface area (Å²) in [6.07, 6.45) is 8.68. The molecule has 1 heterocycles. The molecule has 5 rings (SSSR count). The van der Waals surface area contributed by atoms with E-state index in [1.165, 1.54) is 12.7 Å². The number of oxime groups is 1. The van der Waals surface area contributed by atoms with Gasteiger partial charge in [0.15, 0.2) is 0 Å². The summed E-state index contributed by atoms with van der Waals surface area (Å²) in [7, 11) is 3.25. The summed E-state index contributed by atoms with van der Waals surface area (Å²) in [5.41, 5.74) is 5.05. The van der Waals surface area contributed by atoms with E-state index in [1.807, 2.05) is 24.3 Å². The van der Waals surface area contributed by atoms with Crippen molar-refractivity contribution in [2.75, 3.05) is 40.6 Å². The van der Waals surface area contributed by atoms with Crippen LogP contribution in [0.5, 0.6) is 17.2 Å². The molecule has 3 aliphatic rings. The number of allylic oxidation sites excluding steroid dienone is 1. The van der Waals surface area contributed by atoms with Gasteiger partial charge in [-0.05, 0) is 105 Å². The van der Waals surface area contributed by atoms with E-state index in [-0.39, 0.29) is 50.1 Å². The number of hydrogen-bond acceptors (Lipinski definition) is 9. The molecule has 1 amide bonds. The number of aliphatic hydroxyl groups excluding tert-OH is 2. The van der Waals surface area contributed by atoms with Crippen LogP contribution in [0.3, 0.4) is 0 Å². The van der Waals surface area contributed by atoms with Crippen LogP contribution in [0, 0.1) is 31.6 Å². The quantitative estimate of drug-likeness (QED) is 0.106. The standard InChI is InChI=1S/C40H54N2O8/c1-7-21-48-40-36(42(5)39(45)47-8-2)25-34(41-46-6)32-23-28(13-9-11-19-43)31(14-10-12-20-44)37(38(32)40)33-24-30(17-18-35(33)50-40)49-29-16-15-26(3)27(4)22-29/h7,15-18,22-24,28,31,36-38,43-44H,1,8-14,19-21,25H2,2-6H3. The van der Waals surface area contributed by atoms with Crippen molar-refractivity contribution in [3.8, 4) is 17.2 Å². The Labute approximate surface area is 296 Å². The van der Waals surface area contributed by atoms with Crippen LogP contribution in [0.15, 0.2) is 65.9 Å². The number of amides is 1. The van der Waals surface area contributed by atoms with E-state index >= 15 is 0 Å². The SMILES string of the molecule is C=CCOC12Oc3ccc(Oc4ccc(C)c(C)c4)cc3C3C(CCCCO)C(CCCCO)C=C(C(=NOC)CC1N(C)C(=O)OCC)C32. The van der Waals surface area contributed by atoms with Gasteiger partial charge in [-0.1, -0.05) is 36.2 Å². The highest BCUT2D eigenvalue weighted by Gasteiger charge is 2.65. The second-order valence-electron chi connectivity index (χ2n) is 13.6. The number of aryl methyl sites for hydroxylation is 2. The third kappa shape index (κ3) is 7.57. The number of fused-ring (bicyclic) bond motifs is 2. The Balaban J connectivity index is 1.74. The predicted octanol–water partition coefficient (Wildman–Crippen LogP) is 7.45. The molecule has 1 aliphatic heterocycles. The molecular formula is C40H54N2O8. The minimum absolute atomic E-state index is 0.119. The van der Waals surface area contributed by atoms with Gasteiger partial charge in [-0.25, -0.2) is 4.79 Å². The first-order valence-electron chi connectivity index (χ1n) is 18.0. The fourth-order valence-corrected chi connectivity index (χ4v) is 8.17. The molecule has 10 heteroatoms. The van der Waals surface area contributed by atoms with Crippen molar-refractivity contribution in [1.29, 1.82) is 0 Å². The van der Waals surface area contributed by atoms with Gasteiger partial charge in [0.05, 0.1) is 24.8 Å². The molecule has 0 bridgehead atoms. The normalized spacial score (nSPS) is 25.9. The number of rotatable bonds is 16. The molecule has 2 aromatic rings. The maximum absolute atomic E-state index is 13.4. The summed E-state index contributed by atoms with van der Waals surface area (Å²) in [6.45, 7) is 10.6. The first kappa shape index (κ1) is 37.4. The molecule has 2 aliphatic carbocycles. The van der Waals surface area contributed by atoms with Crippen LogP contribution < -0.4 is 9.47 Å². The van der Waals surface area contributed by atoms with Crippen LogP contribution in [0.4, 0.5) is 4.79 Å². The second-order valence-corrected chi connectivity index (χ2v) is 13.6. The van der Waals surface area contributed by atoms with E-state index in [2.05, 4.69) is 43.8 Å². The van der Waals surface area contributed by atoms with Crippen LogP contribution >= 0.6 is 0 Å². The van der Waals surface area contributed by atoms with Crippen LogP contribution in [0.2, 0.25) is 0 Å². The number of hydrogen-bond donors (Lipinski definition) is 2. The molecule has 272 valence electrons. The first-order chi connectivity index (χ1) is 24.2. The van der Waals surface area contributed by atoms with Crippen molar-refractivity contribution < 1.29 is 38.8 Å². The number of unbranched alkanes of at least 4 members (excludes halogenated alkanes) is 2. The highest BCUT2D eigenvalue weighted by Crippen LogP contribution is 2.62. The zero-order chi connectivity index (χ0) is 35.8. The Bertz CT molecular complexity index is 1560. The average molecular weight is 691 g/mol. The number of aliphatic hydroxyl groups is 2. The van der Waals surface area contributed by atoms with Crippen LogP contribution in [-0.2, 0) is 14.3 Å². The number of carbonyl (C=O) groups is 1. The van der Waals surface area contributed by atoms with Crippen molar-refractivity contribution in [1.82, 2.24) is 4.90 Å². The van der Waals surface area contributed by atoms with Gasteiger partial charge in [-0.3, -0.25) is 0 Å². The Hall–Kier alpha value is -3.86. The largest absolute Gasteiger partial charge is 0.459 e. The van der Waals surface area contributed by atoms with E-state index in [0.29, 0.717) is 30.8 Å². The molecule has 1 saturated carbocycles. The number of nitrogens with zero attached hydrogens (tertiary/aromatic N) is 2. The van der Waals surface area contributed by atoms with E-state index < -0.39 is 17.9 Å². The van der Waals surface area contributed by atoms with Gasteiger partial charge in [-0.2, -0.15) is 0 Å². The summed E-state index contributed by atoms with van der Waals surface area (Å²) in [4.78, 5) is 20.4. The fourth-order valence-electron chi connectivity index (χ4n) is 8.17. The van der Waals surface area contributed by atoms with E-state index in [0.717, 1.165) is 53.8 Å². The van der Waals surface area contributed by atoms with E-state index in [9.17, 15) is 15.0 Å². The molecule has 0 radical (unpaired) electrons. The number of carbonyl (C=O) groups excluding carboxylic acids is 1. The zero-order valence-electron chi connectivity index (χ0n) is 30.2. The van der Waals surface area contributed by atoms with E-state index in [4.69, 9.17) is 23.8 Å². The molecule has 10 nitrogen and oxygen atoms in total. The highest BCUT2D eigenvalue weighted by molar-refractivity contribution is 6.02. The van der Waals surface area contributed by atoms with Gasteiger partial charge >= 0.3 is 6.09 Å². The third-order valence-corrected chi connectivity index (χ3v) is 10.6. The number of likely N-dealkylation sites (N-methyl/N-ethyl adjacent to an activating group) is 1. The van der Waals surface area contributed by atoms with Crippen molar-refractivity contribution in [3.63, 3.8) is 0 Å². The lowest BCUT2D eigenvalue weighted by Crippen LogP contribution is -2.69. The van der Waals surface area contributed by atoms with Gasteiger partial charge in [0.25, 0.3) is 0 Å². The first-order valence-corrected chi connectivity index (χ1v) is 18.0. The molecule has 50 heavy (non-hydrogen) atoms. The summed E-state index contributed by atoms with van der Waals surface area (Å²) < 4.78 is 25.9. The monoisotopic (exact) mass is 690 g/mol. The molecule has 2 N–H and O–H groups in total. The number of benzene rings is 2. The lowest BCUT2D eigenvalue weighted by Gasteiger charge is -2.59. The van der Waals surface area contributed by atoms with Crippen molar-refractivity contribution >= 4 is 11.8 Å². The van der Waals surface area contributed by atoms with Gasteiger partial charge in [0.2, 0.25) is 5.79 Å². The minimum atomic E-state index is -1.31. The average Bonchev–Trinajstić information content (AvgIpc) is 3.11. The van der Waals surface area contributed by atoms with Gasteiger partial charge in [0, 0.05) is 38.2 Å². The lowest BCUT2D eigenvalue weighted by atomic mass is 9.55. The van der Waals surface area contributed by atoms with Gasteiger partial charge in [0.1, 0.15) is 30.4 Å². The Morgan fingerprint density at radius 2 is 1.78 bits per heavy atom. The minimum Gasteiger partial charge on any atom is -0.459 e. The summed E-state index contributed by atoms with van der Waals surface area (Å²) in [5.74, 6) is 0.546. The lowest BCUT2D eigenvalue weighted by molar-refractivity contribution is -0.253. The predicted molar refractivity (Wildman–Crippen MR) is 193 cm³/mol. The second kappa shape index (κ2) is 16.9. The summed E-state index contributed by atoms with van der Waals surface area (Å²) in [6, 6.07) is 11.4. The molecule has 1 fully saturated rings. The molecule has 2 aromatic carbocycles. The number of ether oxygens (including phenoxy) is 4. The molecule has 0 aromatic heterocycles. The van der Waals surface area contributed by atoms with Crippen LogP contribution in [-0.4, -0.2) is 79.3 Å². The maximum Gasteiger partial charge on any atom is 0.409 e. The van der Waals surface area contributed by atoms with Crippen molar-refractivity contribution in [2.24, 2.45) is 22.9 Å². The molecule has 0 saturated heterocycles. The highest BCUT2D eigenvalue weighted by atomic mass is 16.7. The molecule has 6 atom stereocenters. The Kier molecular flexibility index (Phi) is 12.6. The maximum atomic E-state index is 13.4. The van der Waals surface area contributed by atoms with Gasteiger partial charge < -0.3 is 38.9 Å². The summed E-state index contributed by atoms with van der Waals surface area (Å²) in [5, 5.41) is 24.1. The fraction of sp³-hybridized carbons (Fsp3) is 0.550. The zero-order valence-corrected chi connectivity index (χ0v) is 30.2. The smallest absolute Gasteiger partial charge is 0.409 e. The molecule has 6 unspecified atom stereocenters. The van der Waals surface area contributed by atoms with E-state index in [1.54, 1.807) is 24.9 Å². The third-order valence-electron chi connectivity index (χ3n) is 10.6. The van der Waals surface area contributed by atoms with Crippen LogP contribution in [0.1, 0.15) is 74.5 Å². The Morgan fingerprint density at radius 1 is 1.06 bits per heavy atom. The topological polar surface area (TPSA) is 119 Å². The molecular weight excluding hydrogens is 636 g/mol. The van der Waals surface area contributed by atoms with Crippen molar-refractivity contribution in [2.45, 2.75) is 83.5 Å². The van der Waals surface area contributed by atoms with Crippen molar-refractivity contribution in [3.05, 3.63) is 77.4 Å². The summed E-state index contributed by atoms with van der Waals surface area (Å²) >= 11 is 0. The molecule has 0 spiro atoms. The Morgan fingerprint density at radius 3 is 2.46 bits per heavy atom. The van der Waals surface area contributed by atoms with Gasteiger partial charge in [-0.15, -0.1) is 6.58 Å².